The van der Waals surface area contributed by atoms with Gasteiger partial charge in [0.15, 0.2) is 11.6 Å². The summed E-state index contributed by atoms with van der Waals surface area (Å²) < 4.78 is 0.960. The smallest absolute Gasteiger partial charge is 0.251 e. The molecule has 0 spiro atoms. The molecule has 0 bridgehead atoms. The Morgan fingerprint density at radius 3 is 2.38 bits per heavy atom. The molecule has 2 aromatic heterocycles. The number of amides is 1. The third kappa shape index (κ3) is 8.83. The van der Waals surface area contributed by atoms with Crippen molar-refractivity contribution in [3.05, 3.63) is 97.0 Å². The maximum atomic E-state index is 12.9. The number of carbonyl (C=O) groups is 3. The van der Waals surface area contributed by atoms with Crippen molar-refractivity contribution in [2.24, 2.45) is 4.99 Å². The Morgan fingerprint density at radius 2 is 1.67 bits per heavy atom. The molecule has 1 amide bonds. The van der Waals surface area contributed by atoms with E-state index in [0.717, 1.165) is 53.2 Å². The van der Waals surface area contributed by atoms with Gasteiger partial charge in [0.1, 0.15) is 12.3 Å². The average Bonchev–Trinajstić information content (AvgIpc) is 3.71. The number of ketones is 2. The highest BCUT2D eigenvalue weighted by atomic mass is 79.9. The van der Waals surface area contributed by atoms with Crippen molar-refractivity contribution in [1.29, 1.82) is 0 Å². The highest BCUT2D eigenvalue weighted by molar-refractivity contribution is 9.10. The number of rotatable bonds is 13. The molecule has 0 radical (unpaired) electrons. The van der Waals surface area contributed by atoms with Gasteiger partial charge in [-0.3, -0.25) is 24.3 Å². The number of benzene rings is 2. The highest BCUT2D eigenvalue weighted by Crippen LogP contribution is 2.39. The first-order valence-corrected chi connectivity index (χ1v) is 17.3. The zero-order valence-corrected chi connectivity index (χ0v) is 28.2. The van der Waals surface area contributed by atoms with E-state index >= 15 is 0 Å². The lowest BCUT2D eigenvalue weighted by Gasteiger charge is -2.27. The summed E-state index contributed by atoms with van der Waals surface area (Å²) >= 11 is 6.03. The van der Waals surface area contributed by atoms with Crippen LogP contribution < -0.4 is 10.6 Å². The lowest BCUT2D eigenvalue weighted by Crippen LogP contribution is -2.46. The molecule has 3 heterocycles. The fourth-order valence-electron chi connectivity index (χ4n) is 4.97. The Labute approximate surface area is 279 Å². The molecule has 234 valence electrons. The number of hydrogen-bond acceptors (Lipinski definition) is 9. The van der Waals surface area contributed by atoms with Gasteiger partial charge in [-0.2, -0.15) is 0 Å². The van der Waals surface area contributed by atoms with Crippen molar-refractivity contribution in [3.8, 4) is 16.2 Å². The zero-order chi connectivity index (χ0) is 31.8. The van der Waals surface area contributed by atoms with Crippen LogP contribution in [0.2, 0.25) is 0 Å². The molecule has 1 fully saturated rings. The van der Waals surface area contributed by atoms with Crippen LogP contribution >= 0.6 is 38.6 Å². The molecule has 0 saturated carbocycles. The summed E-state index contributed by atoms with van der Waals surface area (Å²) in [7, 11) is 0. The molecule has 11 heteroatoms. The molecule has 8 nitrogen and oxygen atoms in total. The third-order valence-electron chi connectivity index (χ3n) is 7.66. The Bertz CT molecular complexity index is 1670. The van der Waals surface area contributed by atoms with Crippen molar-refractivity contribution >= 4 is 61.8 Å². The van der Waals surface area contributed by atoms with Crippen LogP contribution in [0.15, 0.2) is 75.5 Å². The number of halogens is 1. The maximum absolute atomic E-state index is 12.9. The summed E-state index contributed by atoms with van der Waals surface area (Å²) in [6, 6.07) is 18.4. The van der Waals surface area contributed by atoms with Gasteiger partial charge < -0.3 is 15.7 Å². The summed E-state index contributed by atoms with van der Waals surface area (Å²) in [5, 5.41) is 18.9. The molecular weight excluding hydrogens is 672 g/mol. The molecule has 4 aromatic rings. The molecule has 0 aliphatic carbocycles. The number of piperazine rings is 1. The summed E-state index contributed by atoms with van der Waals surface area (Å²) in [6.07, 6.45) is 0.848. The lowest BCUT2D eigenvalue weighted by molar-refractivity contribution is 0.0944. The fraction of sp³-hybridized carbons (Fsp3) is 0.294. The largest absolute Gasteiger partial charge is 0.506 e. The van der Waals surface area contributed by atoms with E-state index in [2.05, 4.69) is 36.5 Å². The Balaban J connectivity index is 1.09. The van der Waals surface area contributed by atoms with Gasteiger partial charge in [0.05, 0.1) is 14.6 Å². The summed E-state index contributed by atoms with van der Waals surface area (Å²) in [4.78, 5) is 46.8. The number of Topliss-reactive ketones (excluding diaryl/α,β-unsaturated/α-hetero) is 2. The van der Waals surface area contributed by atoms with Crippen molar-refractivity contribution in [2.75, 3.05) is 45.8 Å². The maximum Gasteiger partial charge on any atom is 0.251 e. The topological polar surface area (TPSA) is 111 Å². The average molecular weight is 708 g/mol. The number of hydrogen-bond donors (Lipinski definition) is 3. The van der Waals surface area contributed by atoms with E-state index in [9.17, 15) is 19.5 Å². The fourth-order valence-corrected chi connectivity index (χ4v) is 7.15. The number of nitrogens with zero attached hydrogens (tertiary/aromatic N) is 2. The minimum absolute atomic E-state index is 0.0304. The van der Waals surface area contributed by atoms with Crippen LogP contribution in [0, 0.1) is 0 Å². The molecule has 1 aliphatic rings. The van der Waals surface area contributed by atoms with Crippen LogP contribution in [-0.4, -0.2) is 79.0 Å². The lowest BCUT2D eigenvalue weighted by atomic mass is 10.0. The van der Waals surface area contributed by atoms with Crippen LogP contribution in [0.3, 0.4) is 0 Å². The Morgan fingerprint density at radius 1 is 0.978 bits per heavy atom. The van der Waals surface area contributed by atoms with Gasteiger partial charge >= 0.3 is 0 Å². The first-order chi connectivity index (χ1) is 21.8. The predicted octanol–water partition coefficient (Wildman–Crippen LogP) is 6.09. The monoisotopic (exact) mass is 706 g/mol. The van der Waals surface area contributed by atoms with Crippen LogP contribution in [0.1, 0.15) is 54.2 Å². The van der Waals surface area contributed by atoms with E-state index in [1.54, 1.807) is 31.2 Å². The van der Waals surface area contributed by atoms with Crippen molar-refractivity contribution in [3.63, 3.8) is 0 Å². The standard InChI is InChI=1S/C34H35BrN4O4S2/c1-22(27-21-44-33(32(27)42)24-7-9-26(35)10-8-24)38-20-29(41)31-13-12-30(45-31)28(40)11-4-23-2-5-25(6-3-23)34(43)37-16-19-39-17-14-36-15-18-39/h2-3,5-10,12-13,21,36,42H,4,11,14-20H2,1H3,(H,37,43). The molecule has 2 aromatic carbocycles. The zero-order valence-electron chi connectivity index (χ0n) is 25.0. The van der Waals surface area contributed by atoms with E-state index < -0.39 is 0 Å². The van der Waals surface area contributed by atoms with Gasteiger partial charge in [-0.15, -0.1) is 22.7 Å². The first kappa shape index (κ1) is 32.9. The Kier molecular flexibility index (Phi) is 11.5. The minimum Gasteiger partial charge on any atom is -0.506 e. The first-order valence-electron chi connectivity index (χ1n) is 14.8. The van der Waals surface area contributed by atoms with Crippen LogP contribution in [0.25, 0.3) is 10.4 Å². The second kappa shape index (κ2) is 15.7. The normalized spacial score (nSPS) is 14.0. The van der Waals surface area contributed by atoms with Gasteiger partial charge in [-0.25, -0.2) is 0 Å². The van der Waals surface area contributed by atoms with Crippen molar-refractivity contribution in [1.82, 2.24) is 15.5 Å². The molecular formula is C34H35BrN4O4S2. The number of aromatic hydroxyl groups is 1. The van der Waals surface area contributed by atoms with Crippen molar-refractivity contribution < 1.29 is 19.5 Å². The summed E-state index contributed by atoms with van der Waals surface area (Å²) in [5.41, 5.74) is 3.66. The van der Waals surface area contributed by atoms with E-state index in [0.29, 0.717) is 46.0 Å². The molecule has 0 atom stereocenters. The number of carbonyl (C=O) groups excluding carboxylic acids is 3. The molecule has 45 heavy (non-hydrogen) atoms. The minimum atomic E-state index is -0.178. The SMILES string of the molecule is CC(=NCC(=O)c1ccc(C(=O)CCc2ccc(C(=O)NCCN3CCNCC3)cc2)s1)c1csc(-c2ccc(Br)cc2)c1O. The molecule has 1 aliphatic heterocycles. The van der Waals surface area contributed by atoms with Gasteiger partial charge in [-0.05, 0) is 60.9 Å². The van der Waals surface area contributed by atoms with Crippen LogP contribution in [-0.2, 0) is 6.42 Å². The number of nitrogens with one attached hydrogen (secondary N) is 2. The van der Waals surface area contributed by atoms with E-state index in [1.165, 1.54) is 22.7 Å². The van der Waals surface area contributed by atoms with E-state index in [1.807, 2.05) is 41.8 Å². The molecule has 0 unspecified atom stereocenters. The highest BCUT2D eigenvalue weighted by Gasteiger charge is 2.17. The van der Waals surface area contributed by atoms with E-state index in [4.69, 9.17) is 0 Å². The quantitative estimate of drug-likeness (QED) is 0.115. The second-order valence-electron chi connectivity index (χ2n) is 10.8. The van der Waals surface area contributed by atoms with Gasteiger partial charge in [0.2, 0.25) is 0 Å². The second-order valence-corrected chi connectivity index (χ2v) is 13.7. The van der Waals surface area contributed by atoms with Gasteiger partial charge in [0, 0.05) is 72.4 Å². The van der Waals surface area contributed by atoms with Gasteiger partial charge in [0.25, 0.3) is 5.91 Å². The van der Waals surface area contributed by atoms with Crippen LogP contribution in [0.4, 0.5) is 0 Å². The number of thiophene rings is 2. The van der Waals surface area contributed by atoms with Crippen molar-refractivity contribution in [2.45, 2.75) is 19.8 Å². The molecule has 1 saturated heterocycles. The number of aliphatic imine (C=N–C) groups is 1. The summed E-state index contributed by atoms with van der Waals surface area (Å²) in [5.74, 6) is -0.153. The molecule has 5 rings (SSSR count). The van der Waals surface area contributed by atoms with Crippen LogP contribution in [0.5, 0.6) is 5.75 Å². The van der Waals surface area contributed by atoms with Gasteiger partial charge in [-0.1, -0.05) is 40.2 Å². The molecule has 3 N–H and O–H groups in total. The Hall–Kier alpha value is -3.48. The predicted molar refractivity (Wildman–Crippen MR) is 186 cm³/mol. The third-order valence-corrected chi connectivity index (χ3v) is 10.4. The van der Waals surface area contributed by atoms with E-state index in [-0.39, 0.29) is 29.8 Å². The summed E-state index contributed by atoms with van der Waals surface area (Å²) in [6.45, 7) is 7.12. The number of aryl methyl sites for hydroxylation is 1.